The van der Waals surface area contributed by atoms with Crippen molar-refractivity contribution in [2.45, 2.75) is 249 Å². The number of aromatic hydroxyl groups is 3. The Balaban J connectivity index is 0.000000288. The maximum Gasteiger partial charge on any atom is 0.549 e. The maximum absolute atomic E-state index is 8.40. The molecule has 4 heterocycles. The summed E-state index contributed by atoms with van der Waals surface area (Å²) in [7, 11) is 46.0. The molecule has 1 atom stereocenters. The van der Waals surface area contributed by atoms with Gasteiger partial charge in [-0.1, -0.05) is 103 Å². The molecule has 1 unspecified atom stereocenters. The molecule has 140 heavy (non-hydrogen) atoms. The SMILES string of the molecule is CC(C)Oc1ccccc1[CH]=[Ru]([Cl])[Cl].CC(C)[OH+]c1ccccc1[CH]=[Ru]([Cl])[Cl].CC(C)[OH+]c1ccccc1[CH]=[Ru]([Cl])[Cl].CC(C)[OH+]c1ccccc1[CH]=[Ru]([Cl])[Cl].CC1=C(C)N(c2c(C)cc(C)cc2C)[CH-]S1.CC1=C(C)N(c2ccccc2C)[CH-]S1.CCO[Si](CCCC1CN(c2c(C)cc(C)cc2C)[CH-]N1c1c(C)cc(C)cc1C)(OC)OC.CCc1cccc(CC)c1N1[CH-]SC(C)=C1C.O=[Si]=O. The fraction of sp³-hybridized carbons (Fsp3) is 0.376. The zero-order chi connectivity index (χ0) is 104. The molecule has 0 radical (unpaired) electrons. The van der Waals surface area contributed by atoms with Crippen molar-refractivity contribution in [1.82, 2.24) is 0 Å². The van der Waals surface area contributed by atoms with Crippen molar-refractivity contribution in [2.24, 2.45) is 0 Å². The molecule has 3 N–H and O–H groups in total. The van der Waals surface area contributed by atoms with Crippen molar-refractivity contribution in [3.8, 4) is 23.0 Å². The molecule has 9 aromatic carbocycles. The van der Waals surface area contributed by atoms with Gasteiger partial charge in [0.2, 0.25) is 0 Å². The summed E-state index contributed by atoms with van der Waals surface area (Å²) in [5.74, 6) is 10.4. The predicted octanol–water partition coefficient (Wildman–Crippen LogP) is 32.8. The predicted molar refractivity (Wildman–Crippen MR) is 606 cm³/mol. The Morgan fingerprint density at radius 1 is 0.429 bits per heavy atom. The van der Waals surface area contributed by atoms with E-state index in [1.165, 1.54) is 127 Å². The largest absolute Gasteiger partial charge is 0.549 e. The van der Waals surface area contributed by atoms with Crippen LogP contribution in [-0.2, 0) is 89.1 Å². The molecule has 0 saturated carbocycles. The number of thioether (sulfide) groups is 3. The van der Waals surface area contributed by atoms with Gasteiger partial charge in [-0.15, -0.1) is 0 Å². The Hall–Kier alpha value is -4.34. The summed E-state index contributed by atoms with van der Waals surface area (Å²) in [4.78, 5) is 16.1. The van der Waals surface area contributed by atoms with Crippen LogP contribution >= 0.6 is 113 Å². The molecule has 9 aromatic rings. The molecule has 0 amide bonds. The van der Waals surface area contributed by atoms with Crippen LogP contribution in [0.5, 0.6) is 23.0 Å². The third kappa shape index (κ3) is 42.0. The fourth-order valence-corrected chi connectivity index (χ4v) is 27.5. The number of rotatable bonds is 27. The average molecular weight is 2510 g/mol. The topological polar surface area (TPSA) is 126 Å². The number of aliphatic hydroxyl groups is 3. The number of para-hydroxylation sites is 6. The van der Waals surface area contributed by atoms with Crippen molar-refractivity contribution in [3.63, 3.8) is 0 Å². The van der Waals surface area contributed by atoms with Crippen molar-refractivity contribution >= 4 is 178 Å². The number of ether oxygens (including phenoxy) is 4. The van der Waals surface area contributed by atoms with Gasteiger partial charge in [0.1, 0.15) is 0 Å². The van der Waals surface area contributed by atoms with Crippen LogP contribution in [0.25, 0.3) is 0 Å². The van der Waals surface area contributed by atoms with Crippen LogP contribution in [0.2, 0.25) is 6.04 Å². The molecule has 4 aliphatic rings. The molecule has 14 nitrogen and oxygen atoms in total. The Labute approximate surface area is 908 Å². The number of hydrogen-bond acceptors (Lipinski definition) is 14. The summed E-state index contributed by atoms with van der Waals surface area (Å²) in [6.07, 6.45) is 5.23. The van der Waals surface area contributed by atoms with Gasteiger partial charge >= 0.3 is 409 Å². The van der Waals surface area contributed by atoms with Crippen LogP contribution < -0.4 is 29.2 Å². The Morgan fingerprint density at radius 3 is 1.11 bits per heavy atom. The fourth-order valence-electron chi connectivity index (χ4n) is 15.8. The van der Waals surface area contributed by atoms with E-state index < -0.39 is 72.2 Å². The summed E-state index contributed by atoms with van der Waals surface area (Å²) in [5, 5.41) is 0. The number of halogens is 8. The van der Waals surface area contributed by atoms with Gasteiger partial charge in [-0.2, -0.15) is 24.3 Å². The molecular weight excluding hydrogens is 2360 g/mol. The zero-order valence-electron chi connectivity index (χ0n) is 86.4. The van der Waals surface area contributed by atoms with Gasteiger partial charge in [0.05, 0.1) is 0 Å². The molecule has 776 valence electrons. The van der Waals surface area contributed by atoms with Crippen LogP contribution in [0, 0.1) is 93.5 Å². The molecule has 1 fully saturated rings. The van der Waals surface area contributed by atoms with E-state index >= 15 is 0 Å². The molecule has 0 spiro atoms. The van der Waals surface area contributed by atoms with Crippen molar-refractivity contribution < 1.29 is 95.2 Å². The minimum atomic E-state index is -2.59. The second kappa shape index (κ2) is 65.5. The molecule has 1 saturated heterocycles. The Kier molecular flexibility index (Phi) is 59.0. The molecule has 0 aromatic heterocycles. The van der Waals surface area contributed by atoms with Gasteiger partial charge in [0, 0.05) is 67.9 Å². The van der Waals surface area contributed by atoms with E-state index in [1.807, 2.05) is 201 Å². The number of nitrogens with zero attached hydrogens (tertiary/aromatic N) is 5. The second-order valence-electron chi connectivity index (χ2n) is 34.5. The van der Waals surface area contributed by atoms with Gasteiger partial charge in [-0.3, -0.25) is 44.2 Å². The number of anilines is 5. The van der Waals surface area contributed by atoms with Crippen LogP contribution in [0.3, 0.4) is 0 Å². The first kappa shape index (κ1) is 126. The van der Waals surface area contributed by atoms with Crippen molar-refractivity contribution in [3.05, 3.63) is 321 Å². The van der Waals surface area contributed by atoms with E-state index in [4.69, 9.17) is 104 Å². The van der Waals surface area contributed by atoms with Crippen LogP contribution in [-0.4, -0.2) is 109 Å². The first-order chi connectivity index (χ1) is 66.3. The third-order valence-corrected chi connectivity index (χ3v) is 35.2. The normalized spacial score (nSPS) is 14.1. The van der Waals surface area contributed by atoms with Gasteiger partial charge in [0.25, 0.3) is 0 Å². The third-order valence-electron chi connectivity index (χ3n) is 22.0. The smallest absolute Gasteiger partial charge is 0.501 e. The van der Waals surface area contributed by atoms with E-state index in [-0.39, 0.29) is 24.4 Å². The average Bonchev–Trinajstić information content (AvgIpc) is 1.62. The van der Waals surface area contributed by atoms with E-state index in [0.29, 0.717) is 12.6 Å². The first-order valence-electron chi connectivity index (χ1n) is 46.2. The Morgan fingerprint density at radius 2 is 0.764 bits per heavy atom. The quantitative estimate of drug-likeness (QED) is 0.0275. The summed E-state index contributed by atoms with van der Waals surface area (Å²) >= 11 is -1.59. The molecule has 0 bridgehead atoms. The van der Waals surface area contributed by atoms with E-state index in [1.54, 1.807) is 26.0 Å². The van der Waals surface area contributed by atoms with Gasteiger partial charge in [-0.25, -0.2) is 0 Å². The second-order valence-corrected chi connectivity index (χ2v) is 63.7. The molecule has 0 aliphatic carbocycles. The number of benzene rings is 9. The molecule has 4 aliphatic heterocycles. The Bertz CT molecular complexity index is 5390. The number of hydrogen-bond donors (Lipinski definition) is 0. The van der Waals surface area contributed by atoms with Crippen molar-refractivity contribution in [1.29, 1.82) is 0 Å². The minimum absolute atomic E-state index is 0.163. The van der Waals surface area contributed by atoms with E-state index in [0.717, 1.165) is 83.5 Å². The van der Waals surface area contributed by atoms with Crippen LogP contribution in [0.15, 0.2) is 208 Å². The van der Waals surface area contributed by atoms with Gasteiger partial charge < -0.3 is 37.8 Å². The van der Waals surface area contributed by atoms with Gasteiger partial charge in [-0.05, 0) is 231 Å². The van der Waals surface area contributed by atoms with Crippen LogP contribution in [0.1, 0.15) is 220 Å². The molecular formula is C109H146Cl8N5O9Ru4S3Si2-. The summed E-state index contributed by atoms with van der Waals surface area (Å²) < 4.78 is 61.0. The summed E-state index contributed by atoms with van der Waals surface area (Å²) in [6, 6.07) is 61.5. The van der Waals surface area contributed by atoms with Gasteiger partial charge in [0.15, 0.2) is 0 Å². The number of aryl methyl sites for hydroxylation is 12. The summed E-state index contributed by atoms with van der Waals surface area (Å²) in [5.41, 5.74) is 31.0. The van der Waals surface area contributed by atoms with Crippen LogP contribution in [0.4, 0.5) is 28.4 Å². The van der Waals surface area contributed by atoms with E-state index in [9.17, 15) is 0 Å². The van der Waals surface area contributed by atoms with Crippen molar-refractivity contribution in [2.75, 3.05) is 51.9 Å². The monoisotopic (exact) mass is 2510 g/mol. The number of allylic oxidation sites excluding steroid dienone is 6. The molecule has 31 heteroatoms. The maximum atomic E-state index is 8.40. The van der Waals surface area contributed by atoms with E-state index in [2.05, 4.69) is 266 Å². The minimum Gasteiger partial charge on any atom is -0.501 e. The zero-order valence-corrected chi connectivity index (χ0v) is 104. The standard InChI is InChI=1S/C28H43N2O3Si.C15H20NS.C14H18NS.C12H14NS.4C10H12O.8ClH.O2Si.4Ru/c1-10-33-34(31-8,32-9)13-11-12-26-18-29(27-22(4)14-20(2)15-23(27)5)19-30(26)28-24(6)16-21(3)17-25(28)7;1-5-13-8-7-9-14(6-2)15(13)16-10-17-12(4)11(16)3;1-9-6-10(2)14(11(3)7-9)15-8-16-13(5)12(15)4;1-9-6-4-5-7-12(9)13-8-14-11(3)10(13)2;4*1-8(2)11-10-7-5-4-6-9(10)3;;;;;;;;;1-3-2;;;;/h14-17,19,26H,10-13,18H2,1-9H3;7-10H,5-6H2,1-4H3;6-8H,1-5H3;4-8H,1-3H3;4*3-8H,1-2H3;8*1H;;;;;/q4*-1;;;;;;;;;;;;;;4*+2/p-5. The first-order valence-corrected chi connectivity index (χ1v) is 73.5. The summed E-state index contributed by atoms with van der Waals surface area (Å²) in [6.45, 7) is 61.7. The molecule has 13 rings (SSSR count).